The lowest BCUT2D eigenvalue weighted by Crippen LogP contribution is -3.16. The summed E-state index contributed by atoms with van der Waals surface area (Å²) >= 11 is 0. The van der Waals surface area contributed by atoms with E-state index in [4.69, 9.17) is 0 Å². The number of piperazine rings is 1. The maximum absolute atomic E-state index is 12.2. The van der Waals surface area contributed by atoms with Crippen molar-refractivity contribution in [3.63, 3.8) is 0 Å². The molecule has 1 aliphatic heterocycles. The molecule has 1 aromatic carbocycles. The second-order valence-electron chi connectivity index (χ2n) is 5.81. The average molecular weight is 333 g/mol. The molecule has 1 aromatic rings. The van der Waals surface area contributed by atoms with Gasteiger partial charge in [0.1, 0.15) is 0 Å². The summed E-state index contributed by atoms with van der Waals surface area (Å²) in [5.74, 6) is -0.174. The van der Waals surface area contributed by atoms with Gasteiger partial charge < -0.3 is 20.4 Å². The molecule has 0 aliphatic carbocycles. The van der Waals surface area contributed by atoms with Crippen LogP contribution in [0, 0.1) is 0 Å². The number of amides is 3. The van der Waals surface area contributed by atoms with Crippen LogP contribution in [0.2, 0.25) is 0 Å². The third kappa shape index (κ3) is 4.79. The van der Waals surface area contributed by atoms with Crippen molar-refractivity contribution in [1.29, 1.82) is 0 Å². The number of benzene rings is 1. The maximum Gasteiger partial charge on any atom is 0.279 e. The lowest BCUT2D eigenvalue weighted by atomic mass is 10.1. The summed E-state index contributed by atoms with van der Waals surface area (Å²) in [6.07, 6.45) is 0. The Morgan fingerprint density at radius 2 is 1.88 bits per heavy atom. The van der Waals surface area contributed by atoms with Gasteiger partial charge in [0.25, 0.3) is 17.7 Å². The van der Waals surface area contributed by atoms with Crippen LogP contribution in [0.1, 0.15) is 24.2 Å². The molecule has 0 aromatic heterocycles. The van der Waals surface area contributed by atoms with E-state index in [1.165, 1.54) is 0 Å². The van der Waals surface area contributed by atoms with Crippen molar-refractivity contribution in [2.75, 3.05) is 44.6 Å². The minimum absolute atomic E-state index is 0.0124. The van der Waals surface area contributed by atoms with Crippen LogP contribution in [-0.4, -0.2) is 61.9 Å². The van der Waals surface area contributed by atoms with Crippen LogP contribution < -0.4 is 15.5 Å². The molecule has 7 nitrogen and oxygen atoms in total. The minimum atomic E-state index is -0.137. The maximum atomic E-state index is 12.2. The van der Waals surface area contributed by atoms with Crippen LogP contribution >= 0.6 is 0 Å². The molecule has 0 spiro atoms. The lowest BCUT2D eigenvalue weighted by Gasteiger charge is -2.23. The number of anilines is 1. The second kappa shape index (κ2) is 8.44. The minimum Gasteiger partial charge on any atom is -0.346 e. The van der Waals surface area contributed by atoms with Crippen molar-refractivity contribution >= 4 is 23.4 Å². The number of quaternary nitrogens is 1. The fraction of sp³-hybridized carbons (Fsp3) is 0.471. The van der Waals surface area contributed by atoms with Gasteiger partial charge in [0.05, 0.1) is 13.1 Å². The first-order chi connectivity index (χ1) is 11.5. The molecule has 130 valence electrons. The molecule has 1 atom stereocenters. The van der Waals surface area contributed by atoms with Crippen LogP contribution in [-0.2, 0) is 9.59 Å². The van der Waals surface area contributed by atoms with Gasteiger partial charge >= 0.3 is 0 Å². The number of nitrogens with one attached hydrogen (secondary N) is 3. The van der Waals surface area contributed by atoms with Gasteiger partial charge in [-0.1, -0.05) is 0 Å². The summed E-state index contributed by atoms with van der Waals surface area (Å²) < 4.78 is 0. The molecule has 3 N–H and O–H groups in total. The van der Waals surface area contributed by atoms with Gasteiger partial charge in [-0.3, -0.25) is 14.4 Å². The summed E-state index contributed by atoms with van der Waals surface area (Å²) in [6, 6.07) is 6.90. The second-order valence-corrected chi connectivity index (χ2v) is 5.81. The van der Waals surface area contributed by atoms with Gasteiger partial charge in [-0.05, 0) is 38.1 Å². The molecule has 1 saturated heterocycles. The van der Waals surface area contributed by atoms with Crippen LogP contribution in [0.4, 0.5) is 5.69 Å². The summed E-state index contributed by atoms with van der Waals surface area (Å²) in [5.41, 5.74) is 1.26. The SMILES string of the molecule is CCN(CC)C(=O)c1ccc(NC(=O)C[NH+]2CCNC(=O)C2)cc1. The predicted octanol–water partition coefficient (Wildman–Crippen LogP) is -0.878. The highest BCUT2D eigenvalue weighted by molar-refractivity contribution is 5.96. The monoisotopic (exact) mass is 333 g/mol. The van der Waals surface area contributed by atoms with Crippen molar-refractivity contribution in [2.45, 2.75) is 13.8 Å². The molecule has 1 unspecified atom stereocenters. The zero-order valence-electron chi connectivity index (χ0n) is 14.2. The van der Waals surface area contributed by atoms with E-state index in [1.807, 2.05) is 13.8 Å². The number of carbonyl (C=O) groups is 3. The third-order valence-electron chi connectivity index (χ3n) is 4.09. The normalized spacial score (nSPS) is 17.1. The van der Waals surface area contributed by atoms with Crippen molar-refractivity contribution in [3.8, 4) is 0 Å². The van der Waals surface area contributed by atoms with Gasteiger partial charge in [0, 0.05) is 24.3 Å². The molecule has 0 radical (unpaired) electrons. The summed E-state index contributed by atoms with van der Waals surface area (Å²) in [6.45, 7) is 7.15. The number of hydrogen-bond donors (Lipinski definition) is 3. The molecule has 0 saturated carbocycles. The Morgan fingerprint density at radius 1 is 1.21 bits per heavy atom. The first-order valence-corrected chi connectivity index (χ1v) is 8.33. The number of nitrogens with zero attached hydrogens (tertiary/aromatic N) is 1. The predicted molar refractivity (Wildman–Crippen MR) is 90.9 cm³/mol. The van der Waals surface area contributed by atoms with Gasteiger partial charge in [-0.2, -0.15) is 0 Å². The first kappa shape index (κ1) is 17.9. The quantitative estimate of drug-likeness (QED) is 0.632. The van der Waals surface area contributed by atoms with Crippen molar-refractivity contribution in [1.82, 2.24) is 10.2 Å². The Morgan fingerprint density at radius 3 is 2.46 bits per heavy atom. The standard InChI is InChI=1S/C17H24N4O3/c1-3-21(4-2)17(24)13-5-7-14(8-6-13)19-16(23)12-20-10-9-18-15(22)11-20/h5-8H,3-4,9-12H2,1-2H3,(H,18,22)(H,19,23)/p+1. The molecule has 7 heteroatoms. The fourth-order valence-corrected chi connectivity index (χ4v) is 2.73. The fourth-order valence-electron chi connectivity index (χ4n) is 2.73. The van der Waals surface area contributed by atoms with Gasteiger partial charge in [-0.15, -0.1) is 0 Å². The smallest absolute Gasteiger partial charge is 0.279 e. The Hall–Kier alpha value is -2.41. The largest absolute Gasteiger partial charge is 0.346 e. The molecule has 1 fully saturated rings. The van der Waals surface area contributed by atoms with Crippen molar-refractivity contribution in [2.24, 2.45) is 0 Å². The molecule has 0 bridgehead atoms. The highest BCUT2D eigenvalue weighted by atomic mass is 16.2. The molecule has 24 heavy (non-hydrogen) atoms. The topological polar surface area (TPSA) is 82.9 Å². The molecular formula is C17H25N4O3+. The number of carbonyl (C=O) groups excluding carboxylic acids is 3. The molecular weight excluding hydrogens is 308 g/mol. The molecule has 3 amide bonds. The summed E-state index contributed by atoms with van der Waals surface area (Å²) in [4.78, 5) is 38.3. The van der Waals surface area contributed by atoms with E-state index in [-0.39, 0.29) is 24.3 Å². The highest BCUT2D eigenvalue weighted by Crippen LogP contribution is 2.11. The third-order valence-corrected chi connectivity index (χ3v) is 4.09. The van der Waals surface area contributed by atoms with Crippen molar-refractivity contribution in [3.05, 3.63) is 29.8 Å². The van der Waals surface area contributed by atoms with Gasteiger partial charge in [-0.25, -0.2) is 0 Å². The van der Waals surface area contributed by atoms with E-state index in [0.29, 0.717) is 37.4 Å². The number of rotatable bonds is 6. The number of hydrogen-bond acceptors (Lipinski definition) is 3. The van der Waals surface area contributed by atoms with E-state index in [1.54, 1.807) is 29.2 Å². The van der Waals surface area contributed by atoms with E-state index in [0.717, 1.165) is 11.4 Å². The lowest BCUT2D eigenvalue weighted by molar-refractivity contribution is -0.885. The zero-order valence-corrected chi connectivity index (χ0v) is 14.2. The Bertz CT molecular complexity index is 596. The molecule has 1 aliphatic rings. The van der Waals surface area contributed by atoms with E-state index in [9.17, 15) is 14.4 Å². The molecule has 2 rings (SSSR count). The van der Waals surface area contributed by atoms with E-state index < -0.39 is 0 Å². The Balaban J connectivity index is 1.90. The zero-order chi connectivity index (χ0) is 17.5. The first-order valence-electron chi connectivity index (χ1n) is 8.33. The van der Waals surface area contributed by atoms with Crippen LogP contribution in [0.25, 0.3) is 0 Å². The Labute approximate surface area is 142 Å². The highest BCUT2D eigenvalue weighted by Gasteiger charge is 2.22. The van der Waals surface area contributed by atoms with E-state index >= 15 is 0 Å². The van der Waals surface area contributed by atoms with Gasteiger partial charge in [0.15, 0.2) is 13.1 Å². The van der Waals surface area contributed by atoms with E-state index in [2.05, 4.69) is 10.6 Å². The molecule has 1 heterocycles. The van der Waals surface area contributed by atoms with Gasteiger partial charge in [0.2, 0.25) is 0 Å². The summed E-state index contributed by atoms with van der Waals surface area (Å²) in [5, 5.41) is 5.55. The van der Waals surface area contributed by atoms with Crippen LogP contribution in [0.5, 0.6) is 0 Å². The summed E-state index contributed by atoms with van der Waals surface area (Å²) in [7, 11) is 0. The Kier molecular flexibility index (Phi) is 6.31. The van der Waals surface area contributed by atoms with Crippen molar-refractivity contribution < 1.29 is 19.3 Å². The average Bonchev–Trinajstić information content (AvgIpc) is 2.56. The van der Waals surface area contributed by atoms with Crippen LogP contribution in [0.15, 0.2) is 24.3 Å². The van der Waals surface area contributed by atoms with Crippen LogP contribution in [0.3, 0.4) is 0 Å².